The smallest absolute Gasteiger partial charge is 0.337 e. The second-order valence-electron chi connectivity index (χ2n) is 5.47. The van der Waals surface area contributed by atoms with Gasteiger partial charge < -0.3 is 18.9 Å². The zero-order valence-corrected chi connectivity index (χ0v) is 13.5. The molecule has 2 aromatic rings. The Morgan fingerprint density at radius 1 is 1.22 bits per heavy atom. The van der Waals surface area contributed by atoms with E-state index in [0.29, 0.717) is 6.42 Å². The van der Waals surface area contributed by atoms with E-state index < -0.39 is 17.9 Å². The van der Waals surface area contributed by atoms with Crippen LogP contribution in [0.1, 0.15) is 18.9 Å². The first-order valence-corrected chi connectivity index (χ1v) is 7.60. The Hall–Kier alpha value is -2.11. The van der Waals surface area contributed by atoms with E-state index in [0.717, 1.165) is 22.1 Å². The number of fused-ring (bicyclic) bond motifs is 1. The zero-order valence-electron chi connectivity index (χ0n) is 13.5. The molecule has 2 unspecified atom stereocenters. The molecule has 2 aromatic carbocycles. The first-order valence-electron chi connectivity index (χ1n) is 7.60. The van der Waals surface area contributed by atoms with E-state index in [4.69, 9.17) is 18.9 Å². The van der Waals surface area contributed by atoms with Crippen molar-refractivity contribution in [3.63, 3.8) is 0 Å². The number of ether oxygens (including phenoxy) is 4. The zero-order chi connectivity index (χ0) is 16.4. The van der Waals surface area contributed by atoms with Crippen LogP contribution in [0.25, 0.3) is 10.8 Å². The minimum atomic E-state index is -0.910. The minimum Gasteiger partial charge on any atom is -0.497 e. The Balaban J connectivity index is 1.96. The second kappa shape index (κ2) is 6.18. The van der Waals surface area contributed by atoms with E-state index in [1.165, 1.54) is 7.11 Å². The molecule has 1 aliphatic heterocycles. The van der Waals surface area contributed by atoms with Gasteiger partial charge in [-0.05, 0) is 29.0 Å². The van der Waals surface area contributed by atoms with E-state index in [1.54, 1.807) is 7.11 Å². The van der Waals surface area contributed by atoms with Crippen molar-refractivity contribution in [1.82, 2.24) is 0 Å². The maximum Gasteiger partial charge on any atom is 0.337 e. The van der Waals surface area contributed by atoms with E-state index in [9.17, 15) is 4.79 Å². The third-order valence-corrected chi connectivity index (χ3v) is 4.22. The van der Waals surface area contributed by atoms with E-state index in [1.807, 2.05) is 43.3 Å². The molecule has 0 spiro atoms. The van der Waals surface area contributed by atoms with Gasteiger partial charge in [0.2, 0.25) is 0 Å². The van der Waals surface area contributed by atoms with Crippen molar-refractivity contribution >= 4 is 16.7 Å². The molecule has 0 saturated carbocycles. The van der Waals surface area contributed by atoms with Gasteiger partial charge in [-0.25, -0.2) is 4.79 Å². The molecular formula is C18H20O5. The molecule has 0 aromatic heterocycles. The third kappa shape index (κ3) is 2.78. The van der Waals surface area contributed by atoms with Gasteiger partial charge in [-0.2, -0.15) is 0 Å². The molecular weight excluding hydrogens is 296 g/mol. The summed E-state index contributed by atoms with van der Waals surface area (Å²) in [5.74, 6) is -0.507. The van der Waals surface area contributed by atoms with Gasteiger partial charge in [0.25, 0.3) is 0 Å². The predicted molar refractivity (Wildman–Crippen MR) is 85.3 cm³/mol. The summed E-state index contributed by atoms with van der Waals surface area (Å²) >= 11 is 0. The van der Waals surface area contributed by atoms with Crippen LogP contribution in [0, 0.1) is 0 Å². The number of benzene rings is 2. The highest BCUT2D eigenvalue weighted by Crippen LogP contribution is 2.39. The number of esters is 1. The maximum absolute atomic E-state index is 11.7. The lowest BCUT2D eigenvalue weighted by molar-refractivity contribution is -0.189. The average molecular weight is 316 g/mol. The SMILES string of the molecule is CCC1(c2ccc3cc(OC)ccc3c2)OCC(C(=O)OC)O1. The minimum absolute atomic E-state index is 0.196. The molecule has 1 fully saturated rings. The van der Waals surface area contributed by atoms with Gasteiger partial charge in [0.1, 0.15) is 5.75 Å². The normalized spacial score (nSPS) is 23.9. The van der Waals surface area contributed by atoms with Crippen LogP contribution in [0.15, 0.2) is 36.4 Å². The van der Waals surface area contributed by atoms with Crippen molar-refractivity contribution < 1.29 is 23.7 Å². The van der Waals surface area contributed by atoms with Gasteiger partial charge in [-0.3, -0.25) is 0 Å². The van der Waals surface area contributed by atoms with E-state index in [2.05, 4.69) is 0 Å². The molecule has 0 bridgehead atoms. The molecule has 5 heteroatoms. The molecule has 1 saturated heterocycles. The highest BCUT2D eigenvalue weighted by atomic mass is 16.8. The van der Waals surface area contributed by atoms with Gasteiger partial charge in [0.05, 0.1) is 20.8 Å². The number of rotatable bonds is 4. The van der Waals surface area contributed by atoms with Crippen molar-refractivity contribution in [2.75, 3.05) is 20.8 Å². The second-order valence-corrected chi connectivity index (χ2v) is 5.47. The van der Waals surface area contributed by atoms with Crippen molar-refractivity contribution in [3.8, 4) is 5.75 Å². The van der Waals surface area contributed by atoms with Crippen LogP contribution >= 0.6 is 0 Å². The van der Waals surface area contributed by atoms with E-state index >= 15 is 0 Å². The first-order chi connectivity index (χ1) is 11.1. The Labute approximate surface area is 135 Å². The molecule has 1 aliphatic rings. The van der Waals surface area contributed by atoms with Crippen LogP contribution in [0.3, 0.4) is 0 Å². The number of carbonyl (C=O) groups excluding carboxylic acids is 1. The Morgan fingerprint density at radius 2 is 1.96 bits per heavy atom. The summed E-state index contributed by atoms with van der Waals surface area (Å²) in [7, 11) is 3.00. The summed E-state index contributed by atoms with van der Waals surface area (Å²) < 4.78 is 21.8. The topological polar surface area (TPSA) is 54.0 Å². The van der Waals surface area contributed by atoms with Gasteiger partial charge in [-0.1, -0.05) is 25.1 Å². The van der Waals surface area contributed by atoms with Crippen LogP contribution < -0.4 is 4.74 Å². The lowest BCUT2D eigenvalue weighted by atomic mass is 9.99. The fourth-order valence-electron chi connectivity index (χ4n) is 2.88. The van der Waals surface area contributed by atoms with E-state index in [-0.39, 0.29) is 6.61 Å². The van der Waals surface area contributed by atoms with Gasteiger partial charge in [-0.15, -0.1) is 0 Å². The summed E-state index contributed by atoms with van der Waals surface area (Å²) in [5.41, 5.74) is 0.893. The van der Waals surface area contributed by atoms with Gasteiger partial charge >= 0.3 is 5.97 Å². The first kappa shape index (κ1) is 15.8. The molecule has 23 heavy (non-hydrogen) atoms. The van der Waals surface area contributed by atoms with Crippen molar-refractivity contribution in [2.24, 2.45) is 0 Å². The lowest BCUT2D eigenvalue weighted by Gasteiger charge is -2.27. The Kier molecular flexibility index (Phi) is 4.24. The van der Waals surface area contributed by atoms with Crippen molar-refractivity contribution in [2.45, 2.75) is 25.2 Å². The molecule has 122 valence electrons. The van der Waals surface area contributed by atoms with Crippen LogP contribution in [0.2, 0.25) is 0 Å². The van der Waals surface area contributed by atoms with Gasteiger partial charge in [0, 0.05) is 12.0 Å². The fraction of sp³-hybridized carbons (Fsp3) is 0.389. The molecule has 2 atom stereocenters. The third-order valence-electron chi connectivity index (χ3n) is 4.22. The Bertz CT molecular complexity index is 726. The maximum atomic E-state index is 11.7. The number of hydrogen-bond donors (Lipinski definition) is 0. The van der Waals surface area contributed by atoms with Crippen molar-refractivity contribution in [3.05, 3.63) is 42.0 Å². The van der Waals surface area contributed by atoms with Gasteiger partial charge in [0.15, 0.2) is 11.9 Å². The largest absolute Gasteiger partial charge is 0.497 e. The number of hydrogen-bond acceptors (Lipinski definition) is 5. The summed E-state index contributed by atoms with van der Waals surface area (Å²) in [6.45, 7) is 2.17. The lowest BCUT2D eigenvalue weighted by Crippen LogP contribution is -2.30. The van der Waals surface area contributed by atoms with Crippen molar-refractivity contribution in [1.29, 1.82) is 0 Å². The fourth-order valence-corrected chi connectivity index (χ4v) is 2.88. The predicted octanol–water partition coefficient (Wildman–Crippen LogP) is 3.00. The molecule has 3 rings (SSSR count). The molecule has 0 radical (unpaired) electrons. The number of methoxy groups -OCH3 is 2. The molecule has 1 heterocycles. The van der Waals surface area contributed by atoms with Crippen LogP contribution in [-0.2, 0) is 24.8 Å². The molecule has 0 amide bonds. The van der Waals surface area contributed by atoms with Crippen LogP contribution in [-0.4, -0.2) is 32.9 Å². The highest BCUT2D eigenvalue weighted by Gasteiger charge is 2.45. The summed E-state index contributed by atoms with van der Waals surface area (Å²) in [5, 5.41) is 2.13. The monoisotopic (exact) mass is 316 g/mol. The highest BCUT2D eigenvalue weighted by molar-refractivity contribution is 5.84. The van der Waals surface area contributed by atoms with Crippen LogP contribution in [0.5, 0.6) is 5.75 Å². The number of carbonyl (C=O) groups is 1. The summed E-state index contributed by atoms with van der Waals surface area (Å²) in [6.07, 6.45) is -0.0891. The molecule has 0 N–H and O–H groups in total. The molecule has 5 nitrogen and oxygen atoms in total. The molecule has 0 aliphatic carbocycles. The quantitative estimate of drug-likeness (QED) is 0.812. The Morgan fingerprint density at radius 3 is 2.65 bits per heavy atom. The standard InChI is InChI=1S/C18H20O5/c1-4-18(22-11-16(23-18)17(19)21-3)14-7-5-13-10-15(20-2)8-6-12(13)9-14/h5-10,16H,4,11H2,1-3H3. The summed E-state index contributed by atoms with van der Waals surface area (Å²) in [6, 6.07) is 11.9. The summed E-state index contributed by atoms with van der Waals surface area (Å²) in [4.78, 5) is 11.7. The average Bonchev–Trinajstić information content (AvgIpc) is 3.06. The van der Waals surface area contributed by atoms with Crippen LogP contribution in [0.4, 0.5) is 0 Å².